The molecule has 1 heterocycles. The number of benzene rings is 2. The van der Waals surface area contributed by atoms with Crippen molar-refractivity contribution in [2.24, 2.45) is 0 Å². The molecule has 0 radical (unpaired) electrons. The molecule has 1 amide bonds. The summed E-state index contributed by atoms with van der Waals surface area (Å²) in [7, 11) is -6.74. The van der Waals surface area contributed by atoms with Gasteiger partial charge in [-0.2, -0.15) is 0 Å². The molecule has 1 aliphatic heterocycles. The van der Waals surface area contributed by atoms with Crippen molar-refractivity contribution >= 4 is 37.3 Å². The van der Waals surface area contributed by atoms with Crippen LogP contribution in [-0.2, 0) is 20.0 Å². The average Bonchev–Trinajstić information content (AvgIpc) is 2.68. The number of likely N-dealkylation sites (tertiary alicyclic amines) is 1. The van der Waals surface area contributed by atoms with Gasteiger partial charge in [0.05, 0.1) is 18.2 Å². The Hall–Kier alpha value is -2.59. The van der Waals surface area contributed by atoms with Crippen LogP contribution in [0.5, 0.6) is 0 Å². The Kier molecular flexibility index (Phi) is 6.61. The molecule has 0 aromatic heterocycles. The van der Waals surface area contributed by atoms with Crippen molar-refractivity contribution in [3.05, 3.63) is 59.2 Å². The van der Waals surface area contributed by atoms with Gasteiger partial charge in [-0.3, -0.25) is 14.2 Å². The van der Waals surface area contributed by atoms with E-state index in [-0.39, 0.29) is 11.8 Å². The highest BCUT2D eigenvalue weighted by atomic mass is 32.2. The van der Waals surface area contributed by atoms with Crippen LogP contribution in [0.2, 0.25) is 0 Å². The maximum Gasteiger partial charge on any atom is 0.253 e. The van der Waals surface area contributed by atoms with Gasteiger partial charge in [-0.15, -0.1) is 0 Å². The maximum atomic E-state index is 12.9. The van der Waals surface area contributed by atoms with E-state index in [1.165, 1.54) is 0 Å². The smallest absolute Gasteiger partial charge is 0.253 e. The summed E-state index contributed by atoms with van der Waals surface area (Å²) in [5.74, 6) is 0.166. The van der Waals surface area contributed by atoms with Crippen molar-refractivity contribution in [2.75, 3.05) is 35.0 Å². The fourth-order valence-electron chi connectivity index (χ4n) is 3.70. The molecule has 2 aromatic carbocycles. The molecule has 0 spiro atoms. The summed E-state index contributed by atoms with van der Waals surface area (Å²) in [4.78, 5) is 14.7. The molecule has 0 unspecified atom stereocenters. The molecule has 1 saturated heterocycles. The number of sulfonamides is 2. The van der Waals surface area contributed by atoms with Crippen LogP contribution >= 0.6 is 0 Å². The summed E-state index contributed by atoms with van der Waals surface area (Å²) >= 11 is 0. The monoisotopic (exact) mass is 465 g/mol. The van der Waals surface area contributed by atoms with Crippen molar-refractivity contribution < 1.29 is 21.6 Å². The topological polar surface area (TPSA) is 113 Å². The molecule has 1 aliphatic rings. The molecule has 3 rings (SSSR count). The largest absolute Gasteiger partial charge is 0.339 e. The second-order valence-corrected chi connectivity index (χ2v) is 11.5. The highest BCUT2D eigenvalue weighted by Crippen LogP contribution is 2.30. The summed E-state index contributed by atoms with van der Waals surface area (Å²) in [6.45, 7) is 2.97. The van der Waals surface area contributed by atoms with E-state index in [1.807, 2.05) is 12.1 Å². The van der Waals surface area contributed by atoms with Gasteiger partial charge < -0.3 is 4.90 Å². The number of carbonyl (C=O) groups is 1. The second-order valence-electron chi connectivity index (χ2n) is 7.97. The first kappa shape index (κ1) is 23.1. The number of amides is 1. The zero-order chi connectivity index (χ0) is 22.8. The average molecular weight is 466 g/mol. The van der Waals surface area contributed by atoms with Gasteiger partial charge in [0.1, 0.15) is 0 Å². The molecule has 1 fully saturated rings. The number of carbonyl (C=O) groups excluding carboxylic acids is 1. The van der Waals surface area contributed by atoms with Crippen molar-refractivity contribution in [3.63, 3.8) is 0 Å². The van der Waals surface area contributed by atoms with E-state index >= 15 is 0 Å². The SMILES string of the molecule is Cc1ccc(C(=O)N2CCC(c3ccc(NS(C)(=O)=O)cc3)CC2)cc1NS(C)(=O)=O. The first-order valence-corrected chi connectivity index (χ1v) is 13.6. The Bertz CT molecular complexity index is 1170. The minimum Gasteiger partial charge on any atom is -0.339 e. The van der Waals surface area contributed by atoms with E-state index in [2.05, 4.69) is 9.44 Å². The summed E-state index contributed by atoms with van der Waals surface area (Å²) < 4.78 is 50.7. The minimum atomic E-state index is -3.43. The molecule has 168 valence electrons. The molecule has 0 bridgehead atoms. The number of nitrogens with one attached hydrogen (secondary N) is 2. The predicted molar refractivity (Wildman–Crippen MR) is 122 cm³/mol. The van der Waals surface area contributed by atoms with E-state index < -0.39 is 20.0 Å². The van der Waals surface area contributed by atoms with Crippen molar-refractivity contribution in [1.82, 2.24) is 4.90 Å². The van der Waals surface area contributed by atoms with Gasteiger partial charge >= 0.3 is 0 Å². The van der Waals surface area contributed by atoms with E-state index in [9.17, 15) is 21.6 Å². The molecular formula is C21H27N3O5S2. The highest BCUT2D eigenvalue weighted by Gasteiger charge is 2.25. The third-order valence-corrected chi connectivity index (χ3v) is 6.44. The fourth-order valence-corrected chi connectivity index (χ4v) is 4.88. The first-order chi connectivity index (χ1) is 14.4. The van der Waals surface area contributed by atoms with E-state index in [4.69, 9.17) is 0 Å². The molecular weight excluding hydrogens is 438 g/mol. The Balaban J connectivity index is 1.64. The van der Waals surface area contributed by atoms with Gasteiger partial charge in [-0.05, 0) is 61.1 Å². The van der Waals surface area contributed by atoms with E-state index in [1.54, 1.807) is 42.2 Å². The number of anilines is 2. The van der Waals surface area contributed by atoms with Crippen molar-refractivity contribution in [3.8, 4) is 0 Å². The number of hydrogen-bond acceptors (Lipinski definition) is 5. The summed E-state index contributed by atoms with van der Waals surface area (Å²) in [6.07, 6.45) is 3.78. The number of nitrogens with zero attached hydrogens (tertiary/aromatic N) is 1. The van der Waals surface area contributed by atoms with Gasteiger partial charge in [0, 0.05) is 24.3 Å². The van der Waals surface area contributed by atoms with Gasteiger partial charge in [0.15, 0.2) is 0 Å². The zero-order valence-corrected chi connectivity index (χ0v) is 19.4. The van der Waals surface area contributed by atoms with Crippen LogP contribution in [0.25, 0.3) is 0 Å². The van der Waals surface area contributed by atoms with Crippen molar-refractivity contribution in [2.45, 2.75) is 25.7 Å². The minimum absolute atomic E-state index is 0.122. The Morgan fingerprint density at radius 1 is 0.903 bits per heavy atom. The lowest BCUT2D eigenvalue weighted by Crippen LogP contribution is -2.38. The third kappa shape index (κ3) is 6.44. The Morgan fingerprint density at radius 2 is 1.48 bits per heavy atom. The van der Waals surface area contributed by atoms with Crippen LogP contribution in [-0.4, -0.2) is 53.2 Å². The van der Waals surface area contributed by atoms with Crippen LogP contribution in [0.15, 0.2) is 42.5 Å². The first-order valence-electron chi connectivity index (χ1n) is 9.87. The van der Waals surface area contributed by atoms with Gasteiger partial charge in [-0.1, -0.05) is 18.2 Å². The van der Waals surface area contributed by atoms with Crippen LogP contribution in [0.4, 0.5) is 11.4 Å². The normalized spacial score (nSPS) is 15.5. The standard InChI is InChI=1S/C21H27N3O5S2/c1-15-4-5-18(14-20(15)23-31(3,28)29)21(25)24-12-10-17(11-13-24)16-6-8-19(9-7-16)22-30(2,26)27/h4-9,14,17,22-23H,10-13H2,1-3H3. The van der Waals surface area contributed by atoms with Crippen LogP contribution < -0.4 is 9.44 Å². The molecule has 0 saturated carbocycles. The third-order valence-electron chi connectivity index (χ3n) is 5.25. The lowest BCUT2D eigenvalue weighted by Gasteiger charge is -2.32. The molecule has 31 heavy (non-hydrogen) atoms. The van der Waals surface area contributed by atoms with Crippen LogP contribution in [0.1, 0.15) is 40.2 Å². The summed E-state index contributed by atoms with van der Waals surface area (Å²) in [5, 5.41) is 0. The fraction of sp³-hybridized carbons (Fsp3) is 0.381. The number of piperidine rings is 1. The lowest BCUT2D eigenvalue weighted by molar-refractivity contribution is 0.0713. The van der Waals surface area contributed by atoms with Crippen LogP contribution in [0, 0.1) is 6.92 Å². The lowest BCUT2D eigenvalue weighted by atomic mass is 9.89. The van der Waals surface area contributed by atoms with Crippen molar-refractivity contribution in [1.29, 1.82) is 0 Å². The highest BCUT2D eigenvalue weighted by molar-refractivity contribution is 7.92. The molecule has 2 aromatic rings. The second kappa shape index (κ2) is 8.88. The summed E-state index contributed by atoms with van der Waals surface area (Å²) in [5.41, 5.74) is 3.24. The Labute approximate surface area is 183 Å². The summed E-state index contributed by atoms with van der Waals surface area (Å²) in [6, 6.07) is 12.4. The molecule has 8 nitrogen and oxygen atoms in total. The number of aryl methyl sites for hydroxylation is 1. The molecule has 10 heteroatoms. The zero-order valence-electron chi connectivity index (χ0n) is 17.8. The molecule has 2 N–H and O–H groups in total. The maximum absolute atomic E-state index is 12.9. The number of rotatable bonds is 6. The van der Waals surface area contributed by atoms with Gasteiger partial charge in [0.25, 0.3) is 5.91 Å². The van der Waals surface area contributed by atoms with Gasteiger partial charge in [-0.25, -0.2) is 16.8 Å². The van der Waals surface area contributed by atoms with E-state index in [0.29, 0.717) is 30.0 Å². The van der Waals surface area contributed by atoms with E-state index in [0.717, 1.165) is 36.5 Å². The van der Waals surface area contributed by atoms with Crippen LogP contribution in [0.3, 0.4) is 0 Å². The quantitative estimate of drug-likeness (QED) is 0.681. The Morgan fingerprint density at radius 3 is 2.03 bits per heavy atom. The van der Waals surface area contributed by atoms with Gasteiger partial charge in [0.2, 0.25) is 20.0 Å². The predicted octanol–water partition coefficient (Wildman–Crippen LogP) is 2.76. The number of hydrogen-bond donors (Lipinski definition) is 2. The molecule has 0 aliphatic carbocycles. The molecule has 0 atom stereocenters.